The molecule has 1 unspecified atom stereocenters. The SMILES string of the molecule is COc1ccc(C2CC(=O)Nc3c2c(C)nn3C)c(OC)c1OC. The van der Waals surface area contributed by atoms with Crippen molar-refractivity contribution in [3.8, 4) is 17.2 Å². The molecule has 1 amide bonds. The van der Waals surface area contributed by atoms with Gasteiger partial charge in [0.1, 0.15) is 5.82 Å². The fourth-order valence-electron chi connectivity index (χ4n) is 3.37. The molecule has 0 aliphatic carbocycles. The summed E-state index contributed by atoms with van der Waals surface area (Å²) in [5.41, 5.74) is 2.76. The van der Waals surface area contributed by atoms with E-state index in [1.54, 1.807) is 26.0 Å². The Hall–Kier alpha value is -2.70. The van der Waals surface area contributed by atoms with Crippen LogP contribution in [0.3, 0.4) is 0 Å². The maximum absolute atomic E-state index is 12.2. The molecular formula is C17H21N3O4. The zero-order valence-electron chi connectivity index (χ0n) is 14.5. The molecule has 2 heterocycles. The van der Waals surface area contributed by atoms with Crippen LogP contribution in [-0.4, -0.2) is 37.0 Å². The lowest BCUT2D eigenvalue weighted by Gasteiger charge is -2.26. The van der Waals surface area contributed by atoms with Gasteiger partial charge in [0.15, 0.2) is 11.5 Å². The Morgan fingerprint density at radius 3 is 2.50 bits per heavy atom. The molecule has 1 aliphatic rings. The maximum atomic E-state index is 12.2. The molecule has 0 radical (unpaired) electrons. The zero-order chi connectivity index (χ0) is 17.4. The van der Waals surface area contributed by atoms with Crippen LogP contribution in [-0.2, 0) is 11.8 Å². The van der Waals surface area contributed by atoms with Crippen LogP contribution in [0.15, 0.2) is 12.1 Å². The number of aryl methyl sites for hydroxylation is 2. The number of nitrogens with one attached hydrogen (secondary N) is 1. The van der Waals surface area contributed by atoms with Gasteiger partial charge in [-0.2, -0.15) is 5.10 Å². The lowest BCUT2D eigenvalue weighted by atomic mass is 9.85. The first kappa shape index (κ1) is 16.2. The summed E-state index contributed by atoms with van der Waals surface area (Å²) in [4.78, 5) is 12.2. The highest BCUT2D eigenvalue weighted by Gasteiger charge is 2.34. The lowest BCUT2D eigenvalue weighted by Crippen LogP contribution is -2.25. The van der Waals surface area contributed by atoms with Crippen molar-refractivity contribution < 1.29 is 19.0 Å². The maximum Gasteiger partial charge on any atom is 0.226 e. The van der Waals surface area contributed by atoms with Crippen LogP contribution in [0.25, 0.3) is 0 Å². The Kier molecular flexibility index (Phi) is 4.09. The van der Waals surface area contributed by atoms with Gasteiger partial charge in [-0.15, -0.1) is 0 Å². The second-order valence-electron chi connectivity index (χ2n) is 5.70. The molecule has 3 rings (SSSR count). The molecule has 1 aliphatic heterocycles. The summed E-state index contributed by atoms with van der Waals surface area (Å²) in [5, 5.41) is 7.34. The van der Waals surface area contributed by atoms with Gasteiger partial charge in [-0.25, -0.2) is 0 Å². The number of carbonyl (C=O) groups is 1. The first-order valence-corrected chi connectivity index (χ1v) is 7.64. The summed E-state index contributed by atoms with van der Waals surface area (Å²) in [6.45, 7) is 1.94. The molecule has 0 fully saturated rings. The molecule has 7 nitrogen and oxygen atoms in total. The van der Waals surface area contributed by atoms with Gasteiger partial charge in [-0.05, 0) is 13.0 Å². The number of rotatable bonds is 4. The molecule has 1 aromatic carbocycles. The van der Waals surface area contributed by atoms with Gasteiger partial charge >= 0.3 is 0 Å². The van der Waals surface area contributed by atoms with Gasteiger partial charge in [0, 0.05) is 30.5 Å². The Bertz CT molecular complexity index is 798. The van der Waals surface area contributed by atoms with E-state index in [4.69, 9.17) is 14.2 Å². The fourth-order valence-corrected chi connectivity index (χ4v) is 3.37. The molecule has 2 aromatic rings. The van der Waals surface area contributed by atoms with Gasteiger partial charge in [0.2, 0.25) is 11.7 Å². The van der Waals surface area contributed by atoms with E-state index in [0.29, 0.717) is 23.7 Å². The highest BCUT2D eigenvalue weighted by atomic mass is 16.5. The van der Waals surface area contributed by atoms with E-state index in [-0.39, 0.29) is 11.8 Å². The highest BCUT2D eigenvalue weighted by Crippen LogP contribution is 2.48. The molecule has 0 spiro atoms. The number of amides is 1. The van der Waals surface area contributed by atoms with Crippen LogP contribution in [0.5, 0.6) is 17.2 Å². The predicted molar refractivity (Wildman–Crippen MR) is 89.1 cm³/mol. The second-order valence-corrected chi connectivity index (χ2v) is 5.70. The van der Waals surface area contributed by atoms with Gasteiger partial charge in [0.25, 0.3) is 0 Å². The molecule has 1 N–H and O–H groups in total. The van der Waals surface area contributed by atoms with E-state index in [2.05, 4.69) is 10.4 Å². The van der Waals surface area contributed by atoms with E-state index in [1.165, 1.54) is 0 Å². The number of hydrogen-bond acceptors (Lipinski definition) is 5. The summed E-state index contributed by atoms with van der Waals surface area (Å²) in [6.07, 6.45) is 0.325. The molecule has 128 valence electrons. The Labute approximate surface area is 140 Å². The van der Waals surface area contributed by atoms with Crippen LogP contribution >= 0.6 is 0 Å². The van der Waals surface area contributed by atoms with Gasteiger partial charge in [-0.3, -0.25) is 9.48 Å². The topological polar surface area (TPSA) is 74.6 Å². The largest absolute Gasteiger partial charge is 0.493 e. The summed E-state index contributed by atoms with van der Waals surface area (Å²) in [5.74, 6) is 2.20. The summed E-state index contributed by atoms with van der Waals surface area (Å²) >= 11 is 0. The predicted octanol–water partition coefficient (Wildman–Crippen LogP) is 2.23. The van der Waals surface area contributed by atoms with E-state index >= 15 is 0 Å². The number of ether oxygens (including phenoxy) is 3. The molecule has 7 heteroatoms. The lowest BCUT2D eigenvalue weighted by molar-refractivity contribution is -0.116. The smallest absolute Gasteiger partial charge is 0.226 e. The molecule has 24 heavy (non-hydrogen) atoms. The Balaban J connectivity index is 2.22. The monoisotopic (exact) mass is 331 g/mol. The Morgan fingerprint density at radius 1 is 1.17 bits per heavy atom. The van der Waals surface area contributed by atoms with E-state index in [9.17, 15) is 4.79 Å². The molecule has 1 aromatic heterocycles. The third-order valence-electron chi connectivity index (χ3n) is 4.37. The Morgan fingerprint density at radius 2 is 1.88 bits per heavy atom. The van der Waals surface area contributed by atoms with Gasteiger partial charge in [0.05, 0.1) is 27.0 Å². The molecule has 0 bridgehead atoms. The summed E-state index contributed by atoms with van der Waals surface area (Å²) in [6, 6.07) is 3.74. The van der Waals surface area contributed by atoms with Crippen LogP contribution in [0.4, 0.5) is 5.82 Å². The van der Waals surface area contributed by atoms with Crippen molar-refractivity contribution in [1.82, 2.24) is 9.78 Å². The quantitative estimate of drug-likeness (QED) is 0.930. The third kappa shape index (κ3) is 2.36. The molecular weight excluding hydrogens is 310 g/mol. The van der Waals surface area contributed by atoms with Crippen LogP contribution in [0.1, 0.15) is 29.2 Å². The van der Waals surface area contributed by atoms with E-state index < -0.39 is 0 Å². The summed E-state index contributed by atoms with van der Waals surface area (Å²) < 4.78 is 18.1. The van der Waals surface area contributed by atoms with Gasteiger partial charge in [-0.1, -0.05) is 6.07 Å². The van der Waals surface area contributed by atoms with Crippen molar-refractivity contribution in [2.24, 2.45) is 7.05 Å². The minimum atomic E-state index is -0.155. The standard InChI is InChI=1S/C17H21N3O4/c1-9-14-11(8-13(21)18-17(14)20(2)19-9)10-6-7-12(22-3)16(24-5)15(10)23-4/h6-7,11H,8H2,1-5H3,(H,18,21). The third-order valence-corrected chi connectivity index (χ3v) is 4.37. The minimum Gasteiger partial charge on any atom is -0.493 e. The summed E-state index contributed by atoms with van der Waals surface area (Å²) in [7, 11) is 6.55. The van der Waals surface area contributed by atoms with Crippen molar-refractivity contribution in [3.05, 3.63) is 29.0 Å². The first-order valence-electron chi connectivity index (χ1n) is 7.64. The van der Waals surface area contributed by atoms with Crippen molar-refractivity contribution >= 4 is 11.7 Å². The number of aromatic nitrogens is 2. The van der Waals surface area contributed by atoms with Crippen molar-refractivity contribution in [2.45, 2.75) is 19.3 Å². The molecule has 0 saturated heterocycles. The van der Waals surface area contributed by atoms with E-state index in [0.717, 1.165) is 22.6 Å². The second kappa shape index (κ2) is 6.07. The number of methoxy groups -OCH3 is 3. The number of nitrogens with zero attached hydrogens (tertiary/aromatic N) is 2. The van der Waals surface area contributed by atoms with Crippen LogP contribution < -0.4 is 19.5 Å². The number of hydrogen-bond donors (Lipinski definition) is 1. The minimum absolute atomic E-state index is 0.0488. The highest BCUT2D eigenvalue weighted by molar-refractivity contribution is 5.94. The van der Waals surface area contributed by atoms with Crippen molar-refractivity contribution in [2.75, 3.05) is 26.6 Å². The number of benzene rings is 1. The van der Waals surface area contributed by atoms with Crippen LogP contribution in [0.2, 0.25) is 0 Å². The number of fused-ring (bicyclic) bond motifs is 1. The normalized spacial score (nSPS) is 16.4. The average Bonchev–Trinajstić information content (AvgIpc) is 2.86. The van der Waals surface area contributed by atoms with E-state index in [1.807, 2.05) is 26.1 Å². The average molecular weight is 331 g/mol. The zero-order valence-corrected chi connectivity index (χ0v) is 14.5. The molecule has 0 saturated carbocycles. The van der Waals surface area contributed by atoms with Crippen LogP contribution in [0, 0.1) is 6.92 Å². The van der Waals surface area contributed by atoms with Crippen molar-refractivity contribution in [3.63, 3.8) is 0 Å². The van der Waals surface area contributed by atoms with Gasteiger partial charge < -0.3 is 19.5 Å². The van der Waals surface area contributed by atoms with Crippen molar-refractivity contribution in [1.29, 1.82) is 0 Å². The fraction of sp³-hybridized carbons (Fsp3) is 0.412. The number of carbonyl (C=O) groups excluding carboxylic acids is 1. The molecule has 1 atom stereocenters. The number of anilines is 1. The first-order chi connectivity index (χ1) is 11.5.